The average Bonchev–Trinajstić information content (AvgIpc) is 2.57. The SMILES string of the molecule is N#CC=CCCC1CCC(OCc2ccc(C(F)(F)F)cc2)CC1. The smallest absolute Gasteiger partial charge is 0.374 e. The number of ether oxygens (including phenoxy) is 1. The predicted octanol–water partition coefficient (Wildman–Crippen LogP) is 5.64. The molecule has 1 saturated carbocycles. The van der Waals surface area contributed by atoms with Crippen LogP contribution in [0.4, 0.5) is 13.2 Å². The molecule has 0 radical (unpaired) electrons. The summed E-state index contributed by atoms with van der Waals surface area (Å²) in [7, 11) is 0. The lowest BCUT2D eigenvalue weighted by Crippen LogP contribution is -2.21. The van der Waals surface area contributed by atoms with Crippen LogP contribution in [0.25, 0.3) is 0 Å². The van der Waals surface area contributed by atoms with Gasteiger partial charge in [-0.05, 0) is 62.1 Å². The van der Waals surface area contributed by atoms with Gasteiger partial charge in [0, 0.05) is 6.08 Å². The van der Waals surface area contributed by atoms with Crippen LogP contribution in [0.15, 0.2) is 36.4 Å². The Labute approximate surface area is 140 Å². The maximum Gasteiger partial charge on any atom is 0.416 e. The van der Waals surface area contributed by atoms with E-state index in [1.807, 2.05) is 12.1 Å². The van der Waals surface area contributed by atoms with Crippen LogP contribution in [0.3, 0.4) is 0 Å². The van der Waals surface area contributed by atoms with Crippen LogP contribution in [0.1, 0.15) is 49.7 Å². The number of nitrogens with zero attached hydrogens (tertiary/aromatic N) is 1. The normalized spacial score (nSPS) is 21.8. The van der Waals surface area contributed by atoms with E-state index >= 15 is 0 Å². The van der Waals surface area contributed by atoms with Crippen LogP contribution in [-0.4, -0.2) is 6.10 Å². The van der Waals surface area contributed by atoms with E-state index in [9.17, 15) is 13.2 Å². The van der Waals surface area contributed by atoms with Gasteiger partial charge in [-0.3, -0.25) is 0 Å². The van der Waals surface area contributed by atoms with E-state index in [0.29, 0.717) is 12.5 Å². The fraction of sp³-hybridized carbons (Fsp3) is 0.526. The Morgan fingerprint density at radius 1 is 1.12 bits per heavy atom. The zero-order chi connectivity index (χ0) is 17.4. The summed E-state index contributed by atoms with van der Waals surface area (Å²) in [6, 6.07) is 7.16. The molecule has 0 bridgehead atoms. The van der Waals surface area contributed by atoms with E-state index in [1.54, 1.807) is 0 Å². The zero-order valence-corrected chi connectivity index (χ0v) is 13.6. The Balaban J connectivity index is 1.69. The number of alkyl halides is 3. The fourth-order valence-corrected chi connectivity index (χ4v) is 3.06. The lowest BCUT2D eigenvalue weighted by Gasteiger charge is -2.28. The fourth-order valence-electron chi connectivity index (χ4n) is 3.06. The third-order valence-corrected chi connectivity index (χ3v) is 4.49. The summed E-state index contributed by atoms with van der Waals surface area (Å²) >= 11 is 0. The van der Waals surface area contributed by atoms with Gasteiger partial charge >= 0.3 is 6.18 Å². The van der Waals surface area contributed by atoms with Crippen molar-refractivity contribution in [2.75, 3.05) is 0 Å². The van der Waals surface area contributed by atoms with Crippen molar-refractivity contribution in [3.63, 3.8) is 0 Å². The van der Waals surface area contributed by atoms with Crippen LogP contribution in [0.5, 0.6) is 0 Å². The van der Waals surface area contributed by atoms with E-state index in [0.717, 1.165) is 56.2 Å². The Kier molecular flexibility index (Phi) is 6.86. The van der Waals surface area contributed by atoms with Crippen molar-refractivity contribution in [3.8, 4) is 6.07 Å². The highest BCUT2D eigenvalue weighted by molar-refractivity contribution is 5.24. The van der Waals surface area contributed by atoms with Gasteiger partial charge in [0.1, 0.15) is 0 Å². The summed E-state index contributed by atoms with van der Waals surface area (Å²) in [6.45, 7) is 0.360. The van der Waals surface area contributed by atoms with Gasteiger partial charge in [-0.25, -0.2) is 0 Å². The molecule has 1 aliphatic carbocycles. The first kappa shape index (κ1) is 18.5. The maximum atomic E-state index is 12.5. The second-order valence-electron chi connectivity index (χ2n) is 6.26. The van der Waals surface area contributed by atoms with Crippen LogP contribution < -0.4 is 0 Å². The maximum absolute atomic E-state index is 12.5. The van der Waals surface area contributed by atoms with E-state index in [2.05, 4.69) is 0 Å². The first-order chi connectivity index (χ1) is 11.5. The molecule has 0 heterocycles. The highest BCUT2D eigenvalue weighted by Gasteiger charge is 2.30. The molecule has 130 valence electrons. The van der Waals surface area contributed by atoms with Gasteiger partial charge in [0.2, 0.25) is 0 Å². The number of halogens is 3. The van der Waals surface area contributed by atoms with Crippen molar-refractivity contribution >= 4 is 0 Å². The third-order valence-electron chi connectivity index (χ3n) is 4.49. The molecule has 2 nitrogen and oxygen atoms in total. The Hall–Kier alpha value is -1.80. The van der Waals surface area contributed by atoms with Gasteiger partial charge in [0.05, 0.1) is 24.3 Å². The summed E-state index contributed by atoms with van der Waals surface area (Å²) in [6.07, 6.45) is 5.58. The standard InChI is InChI=1S/C19H22F3NO/c20-19(21,22)17-9-5-16(6-10-17)14-24-18-11-7-15(8-12-18)4-2-1-3-13-23/h1,3,5-6,9-10,15,18H,2,4,7-8,11-12,14H2. The summed E-state index contributed by atoms with van der Waals surface area (Å²) in [5.41, 5.74) is 0.143. The Bertz CT molecular complexity index is 564. The molecule has 2 rings (SSSR count). The minimum atomic E-state index is -4.29. The molecular weight excluding hydrogens is 315 g/mol. The minimum Gasteiger partial charge on any atom is -0.374 e. The van der Waals surface area contributed by atoms with E-state index < -0.39 is 11.7 Å². The van der Waals surface area contributed by atoms with Crippen molar-refractivity contribution < 1.29 is 17.9 Å². The quantitative estimate of drug-likeness (QED) is 0.629. The van der Waals surface area contributed by atoms with E-state index in [-0.39, 0.29) is 6.10 Å². The number of rotatable bonds is 6. The molecule has 0 atom stereocenters. The molecule has 0 spiro atoms. The Morgan fingerprint density at radius 3 is 2.38 bits per heavy atom. The molecule has 1 aromatic carbocycles. The number of hydrogen-bond acceptors (Lipinski definition) is 2. The summed E-state index contributed by atoms with van der Waals surface area (Å²) < 4.78 is 43.4. The van der Waals surface area contributed by atoms with Gasteiger partial charge in [0.25, 0.3) is 0 Å². The third kappa shape index (κ3) is 6.01. The van der Waals surface area contributed by atoms with Crippen LogP contribution in [0, 0.1) is 17.2 Å². The molecule has 1 aliphatic rings. The minimum absolute atomic E-state index is 0.193. The summed E-state index contributed by atoms with van der Waals surface area (Å²) in [5.74, 6) is 0.680. The predicted molar refractivity (Wildman–Crippen MR) is 86.0 cm³/mol. The number of nitriles is 1. The van der Waals surface area contributed by atoms with Crippen LogP contribution >= 0.6 is 0 Å². The van der Waals surface area contributed by atoms with Crippen molar-refractivity contribution in [3.05, 3.63) is 47.5 Å². The van der Waals surface area contributed by atoms with Crippen LogP contribution in [0.2, 0.25) is 0 Å². The molecular formula is C19H22F3NO. The van der Waals surface area contributed by atoms with Gasteiger partial charge in [-0.15, -0.1) is 0 Å². The van der Waals surface area contributed by atoms with E-state index in [4.69, 9.17) is 10.00 Å². The summed E-state index contributed by atoms with van der Waals surface area (Å²) in [4.78, 5) is 0. The van der Waals surface area contributed by atoms with Crippen molar-refractivity contribution in [1.82, 2.24) is 0 Å². The van der Waals surface area contributed by atoms with E-state index in [1.165, 1.54) is 18.2 Å². The number of allylic oxidation sites excluding steroid dienone is 2. The highest BCUT2D eigenvalue weighted by atomic mass is 19.4. The van der Waals surface area contributed by atoms with Crippen LogP contribution in [-0.2, 0) is 17.5 Å². The Morgan fingerprint density at radius 2 is 1.79 bits per heavy atom. The molecule has 0 amide bonds. The van der Waals surface area contributed by atoms with Gasteiger partial charge in [-0.2, -0.15) is 18.4 Å². The lowest BCUT2D eigenvalue weighted by molar-refractivity contribution is -0.137. The molecule has 1 fully saturated rings. The molecule has 5 heteroatoms. The molecule has 0 saturated heterocycles. The van der Waals surface area contributed by atoms with Crippen molar-refractivity contribution in [2.45, 2.75) is 57.4 Å². The average molecular weight is 337 g/mol. The first-order valence-corrected chi connectivity index (χ1v) is 8.31. The monoisotopic (exact) mass is 337 g/mol. The summed E-state index contributed by atoms with van der Waals surface area (Å²) in [5, 5.41) is 8.44. The topological polar surface area (TPSA) is 33.0 Å². The molecule has 0 aromatic heterocycles. The largest absolute Gasteiger partial charge is 0.416 e. The van der Waals surface area contributed by atoms with Gasteiger partial charge in [-0.1, -0.05) is 18.2 Å². The molecule has 0 N–H and O–H groups in total. The van der Waals surface area contributed by atoms with Crippen molar-refractivity contribution in [1.29, 1.82) is 5.26 Å². The molecule has 0 aliphatic heterocycles. The molecule has 24 heavy (non-hydrogen) atoms. The van der Waals surface area contributed by atoms with Gasteiger partial charge in [0.15, 0.2) is 0 Å². The second kappa shape index (κ2) is 8.89. The van der Waals surface area contributed by atoms with Gasteiger partial charge < -0.3 is 4.74 Å². The second-order valence-corrected chi connectivity index (χ2v) is 6.26. The molecule has 1 aromatic rings. The number of hydrogen-bond donors (Lipinski definition) is 0. The molecule has 0 unspecified atom stereocenters. The zero-order valence-electron chi connectivity index (χ0n) is 13.6. The lowest BCUT2D eigenvalue weighted by atomic mass is 9.84. The van der Waals surface area contributed by atoms with Crippen molar-refractivity contribution in [2.24, 2.45) is 5.92 Å². The first-order valence-electron chi connectivity index (χ1n) is 8.31. The number of benzene rings is 1. The highest BCUT2D eigenvalue weighted by Crippen LogP contribution is 2.31.